The summed E-state index contributed by atoms with van der Waals surface area (Å²) >= 11 is 3.31. The standard InChI is InChI=1S/C12H15BrO2/c13-10-3-2-9(11(15)6-10)7-12(8-14)4-1-5-12/h2-3,6,14-15H,1,4-5,7-8H2. The molecule has 0 amide bonds. The third-order valence-electron chi connectivity index (χ3n) is 3.36. The summed E-state index contributed by atoms with van der Waals surface area (Å²) in [7, 11) is 0. The first-order valence-electron chi connectivity index (χ1n) is 5.23. The van der Waals surface area contributed by atoms with Crippen molar-refractivity contribution in [2.75, 3.05) is 6.61 Å². The maximum atomic E-state index is 9.76. The summed E-state index contributed by atoms with van der Waals surface area (Å²) < 4.78 is 0.885. The Morgan fingerprint density at radius 3 is 2.53 bits per heavy atom. The summed E-state index contributed by atoms with van der Waals surface area (Å²) in [5.41, 5.74) is 0.970. The third kappa shape index (κ3) is 2.18. The molecule has 2 rings (SSSR count). The maximum absolute atomic E-state index is 9.76. The van der Waals surface area contributed by atoms with Gasteiger partial charge in [0.05, 0.1) is 0 Å². The van der Waals surface area contributed by atoms with Gasteiger partial charge in [-0.15, -0.1) is 0 Å². The topological polar surface area (TPSA) is 40.5 Å². The van der Waals surface area contributed by atoms with Gasteiger partial charge in [0.1, 0.15) is 5.75 Å². The molecule has 0 heterocycles. The Hall–Kier alpha value is -0.540. The Morgan fingerprint density at radius 2 is 2.07 bits per heavy atom. The van der Waals surface area contributed by atoms with Crippen molar-refractivity contribution in [2.45, 2.75) is 25.7 Å². The van der Waals surface area contributed by atoms with E-state index >= 15 is 0 Å². The van der Waals surface area contributed by atoms with Crippen LogP contribution in [0.4, 0.5) is 0 Å². The van der Waals surface area contributed by atoms with Gasteiger partial charge in [-0.05, 0) is 42.4 Å². The molecule has 82 valence electrons. The highest BCUT2D eigenvalue weighted by atomic mass is 79.9. The zero-order valence-corrected chi connectivity index (χ0v) is 10.1. The number of halogens is 1. The minimum absolute atomic E-state index is 0.0330. The van der Waals surface area contributed by atoms with Crippen LogP contribution in [0.5, 0.6) is 5.75 Å². The predicted octanol–water partition coefficient (Wildman–Crippen LogP) is 2.86. The van der Waals surface area contributed by atoms with Crippen LogP contribution < -0.4 is 0 Å². The number of aromatic hydroxyl groups is 1. The van der Waals surface area contributed by atoms with Crippen LogP contribution in [0.25, 0.3) is 0 Å². The summed E-state index contributed by atoms with van der Waals surface area (Å²) in [6, 6.07) is 5.56. The SMILES string of the molecule is OCC1(Cc2ccc(Br)cc2O)CCC1. The molecule has 0 aliphatic heterocycles. The molecule has 1 aliphatic rings. The fourth-order valence-electron chi connectivity index (χ4n) is 2.16. The van der Waals surface area contributed by atoms with Crippen molar-refractivity contribution >= 4 is 15.9 Å². The highest BCUT2D eigenvalue weighted by Crippen LogP contribution is 2.44. The number of aliphatic hydroxyl groups is 1. The lowest BCUT2D eigenvalue weighted by Gasteiger charge is -2.40. The van der Waals surface area contributed by atoms with Crippen molar-refractivity contribution < 1.29 is 10.2 Å². The van der Waals surface area contributed by atoms with Gasteiger partial charge < -0.3 is 10.2 Å². The summed E-state index contributed by atoms with van der Waals surface area (Å²) in [5.74, 6) is 0.323. The van der Waals surface area contributed by atoms with E-state index in [1.165, 1.54) is 6.42 Å². The highest BCUT2D eigenvalue weighted by Gasteiger charge is 2.36. The molecule has 0 radical (unpaired) electrons. The Morgan fingerprint density at radius 1 is 1.33 bits per heavy atom. The van der Waals surface area contributed by atoms with Crippen molar-refractivity contribution in [1.29, 1.82) is 0 Å². The van der Waals surface area contributed by atoms with Crippen molar-refractivity contribution in [2.24, 2.45) is 5.41 Å². The average molecular weight is 271 g/mol. The highest BCUT2D eigenvalue weighted by molar-refractivity contribution is 9.10. The lowest BCUT2D eigenvalue weighted by Crippen LogP contribution is -2.35. The van der Waals surface area contributed by atoms with Crippen LogP contribution in [0.3, 0.4) is 0 Å². The van der Waals surface area contributed by atoms with E-state index in [0.717, 1.165) is 29.3 Å². The van der Waals surface area contributed by atoms with E-state index in [9.17, 15) is 10.2 Å². The van der Waals surface area contributed by atoms with E-state index in [-0.39, 0.29) is 12.0 Å². The molecule has 1 fully saturated rings. The average Bonchev–Trinajstić information content (AvgIpc) is 2.14. The van der Waals surface area contributed by atoms with Crippen LogP contribution in [-0.2, 0) is 6.42 Å². The molecule has 0 atom stereocenters. The molecule has 1 aliphatic carbocycles. The number of hydrogen-bond donors (Lipinski definition) is 2. The quantitative estimate of drug-likeness (QED) is 0.887. The smallest absolute Gasteiger partial charge is 0.119 e. The predicted molar refractivity (Wildman–Crippen MR) is 62.9 cm³/mol. The van der Waals surface area contributed by atoms with Crippen LogP contribution in [0.15, 0.2) is 22.7 Å². The Labute approximate surface area is 98.1 Å². The molecule has 0 aromatic heterocycles. The van der Waals surface area contributed by atoms with Gasteiger partial charge in [0.15, 0.2) is 0 Å². The summed E-state index contributed by atoms with van der Waals surface area (Å²) in [5, 5.41) is 19.1. The van der Waals surface area contributed by atoms with Gasteiger partial charge in [0.25, 0.3) is 0 Å². The van der Waals surface area contributed by atoms with Crippen molar-refractivity contribution in [3.8, 4) is 5.75 Å². The number of hydrogen-bond acceptors (Lipinski definition) is 2. The molecule has 1 saturated carbocycles. The van der Waals surface area contributed by atoms with Gasteiger partial charge in [0.2, 0.25) is 0 Å². The number of phenols is 1. The molecular weight excluding hydrogens is 256 g/mol. The first-order valence-corrected chi connectivity index (χ1v) is 6.03. The number of phenolic OH excluding ortho intramolecular Hbond substituents is 1. The van der Waals surface area contributed by atoms with E-state index in [1.807, 2.05) is 12.1 Å². The summed E-state index contributed by atoms with van der Waals surface area (Å²) in [4.78, 5) is 0. The van der Waals surface area contributed by atoms with Gasteiger partial charge in [-0.25, -0.2) is 0 Å². The van der Waals surface area contributed by atoms with Crippen LogP contribution in [0.2, 0.25) is 0 Å². The van der Waals surface area contributed by atoms with Gasteiger partial charge in [-0.1, -0.05) is 28.4 Å². The normalized spacial score (nSPS) is 18.5. The second-order valence-electron chi connectivity index (χ2n) is 4.46. The van der Waals surface area contributed by atoms with Gasteiger partial charge in [-0.3, -0.25) is 0 Å². The van der Waals surface area contributed by atoms with E-state index in [0.29, 0.717) is 5.75 Å². The number of rotatable bonds is 3. The van der Waals surface area contributed by atoms with Gasteiger partial charge >= 0.3 is 0 Å². The second kappa shape index (κ2) is 4.14. The first kappa shape index (κ1) is 11.0. The Balaban J connectivity index is 2.16. The Kier molecular flexibility index (Phi) is 3.03. The minimum atomic E-state index is 0.0330. The monoisotopic (exact) mass is 270 g/mol. The minimum Gasteiger partial charge on any atom is -0.508 e. The lowest BCUT2D eigenvalue weighted by molar-refractivity contribution is 0.0445. The molecule has 1 aromatic carbocycles. The number of aliphatic hydroxyl groups excluding tert-OH is 1. The zero-order chi connectivity index (χ0) is 10.9. The fourth-order valence-corrected chi connectivity index (χ4v) is 2.51. The van der Waals surface area contributed by atoms with E-state index in [4.69, 9.17) is 0 Å². The number of benzene rings is 1. The van der Waals surface area contributed by atoms with Crippen molar-refractivity contribution in [1.82, 2.24) is 0 Å². The molecule has 1 aromatic rings. The van der Waals surface area contributed by atoms with Crippen LogP contribution >= 0.6 is 15.9 Å². The largest absolute Gasteiger partial charge is 0.508 e. The lowest BCUT2D eigenvalue weighted by atomic mass is 9.66. The second-order valence-corrected chi connectivity index (χ2v) is 5.38. The Bertz CT molecular complexity index is 353. The molecule has 0 saturated heterocycles. The first-order chi connectivity index (χ1) is 7.15. The molecule has 15 heavy (non-hydrogen) atoms. The van der Waals surface area contributed by atoms with Crippen molar-refractivity contribution in [3.05, 3.63) is 28.2 Å². The van der Waals surface area contributed by atoms with Crippen LogP contribution in [0, 0.1) is 5.41 Å². The third-order valence-corrected chi connectivity index (χ3v) is 3.86. The molecule has 0 unspecified atom stereocenters. The van der Waals surface area contributed by atoms with Crippen molar-refractivity contribution in [3.63, 3.8) is 0 Å². The molecule has 2 nitrogen and oxygen atoms in total. The van der Waals surface area contributed by atoms with E-state index in [2.05, 4.69) is 15.9 Å². The fraction of sp³-hybridized carbons (Fsp3) is 0.500. The zero-order valence-electron chi connectivity index (χ0n) is 8.54. The van der Waals surface area contributed by atoms with Gasteiger partial charge in [-0.2, -0.15) is 0 Å². The molecule has 2 N–H and O–H groups in total. The molecule has 3 heteroatoms. The summed E-state index contributed by atoms with van der Waals surface area (Å²) in [6.07, 6.45) is 4.11. The molecule has 0 bridgehead atoms. The van der Waals surface area contributed by atoms with Gasteiger partial charge in [0, 0.05) is 11.1 Å². The summed E-state index contributed by atoms with van der Waals surface area (Å²) in [6.45, 7) is 0.225. The van der Waals surface area contributed by atoms with Crippen LogP contribution in [-0.4, -0.2) is 16.8 Å². The van der Waals surface area contributed by atoms with E-state index < -0.39 is 0 Å². The molecular formula is C12H15BrO2. The molecule has 0 spiro atoms. The van der Waals surface area contributed by atoms with E-state index in [1.54, 1.807) is 6.07 Å². The maximum Gasteiger partial charge on any atom is 0.119 e. The van der Waals surface area contributed by atoms with Crippen LogP contribution in [0.1, 0.15) is 24.8 Å².